The van der Waals surface area contributed by atoms with Crippen LogP contribution in [-0.4, -0.2) is 13.1 Å². The van der Waals surface area contributed by atoms with Crippen molar-refractivity contribution in [2.45, 2.75) is 12.6 Å². The van der Waals surface area contributed by atoms with Gasteiger partial charge in [-0.1, -0.05) is 54.6 Å². The van der Waals surface area contributed by atoms with Crippen molar-refractivity contribution < 1.29 is 0 Å². The van der Waals surface area contributed by atoms with Gasteiger partial charge in [-0.15, -0.1) is 0 Å². The number of nitrogens with zero attached hydrogens (tertiary/aromatic N) is 1. The van der Waals surface area contributed by atoms with Crippen LogP contribution in [0, 0.1) is 0 Å². The SMILES string of the molecule is C1=Cc2ccccc2N(C2NCCc3ccccc32)C1. The fourth-order valence-corrected chi connectivity index (χ4v) is 3.29. The Morgan fingerprint density at radius 2 is 1.85 bits per heavy atom. The van der Waals surface area contributed by atoms with Crippen LogP contribution in [0.5, 0.6) is 0 Å². The molecule has 1 N–H and O–H groups in total. The van der Waals surface area contributed by atoms with Gasteiger partial charge in [0.15, 0.2) is 0 Å². The summed E-state index contributed by atoms with van der Waals surface area (Å²) in [6.45, 7) is 2.01. The second kappa shape index (κ2) is 4.80. The average molecular weight is 262 g/mol. The summed E-state index contributed by atoms with van der Waals surface area (Å²) in [5, 5.41) is 3.68. The summed E-state index contributed by atoms with van der Waals surface area (Å²) < 4.78 is 0. The molecule has 1 atom stereocenters. The zero-order chi connectivity index (χ0) is 13.4. The molecule has 0 spiro atoms. The van der Waals surface area contributed by atoms with Gasteiger partial charge in [0, 0.05) is 18.8 Å². The van der Waals surface area contributed by atoms with Crippen molar-refractivity contribution in [2.75, 3.05) is 18.0 Å². The number of hydrogen-bond donors (Lipinski definition) is 1. The number of hydrogen-bond acceptors (Lipinski definition) is 2. The van der Waals surface area contributed by atoms with Gasteiger partial charge < -0.3 is 4.90 Å². The summed E-state index contributed by atoms with van der Waals surface area (Å²) in [4.78, 5) is 2.47. The predicted octanol–water partition coefficient (Wildman–Crippen LogP) is 3.36. The Balaban J connectivity index is 1.78. The Bertz CT molecular complexity index is 660. The van der Waals surface area contributed by atoms with Crippen molar-refractivity contribution in [1.82, 2.24) is 5.32 Å². The van der Waals surface area contributed by atoms with E-state index in [2.05, 4.69) is 70.9 Å². The maximum absolute atomic E-state index is 3.68. The first-order valence-corrected chi connectivity index (χ1v) is 7.27. The van der Waals surface area contributed by atoms with Crippen LogP contribution in [0.1, 0.15) is 22.9 Å². The molecule has 0 fully saturated rings. The Morgan fingerprint density at radius 3 is 2.85 bits per heavy atom. The molecule has 4 rings (SSSR count). The van der Waals surface area contributed by atoms with E-state index in [4.69, 9.17) is 0 Å². The summed E-state index contributed by atoms with van der Waals surface area (Å²) in [7, 11) is 0. The van der Waals surface area contributed by atoms with Crippen molar-refractivity contribution in [3.8, 4) is 0 Å². The lowest BCUT2D eigenvalue weighted by atomic mass is 9.96. The zero-order valence-corrected chi connectivity index (χ0v) is 11.4. The van der Waals surface area contributed by atoms with E-state index >= 15 is 0 Å². The van der Waals surface area contributed by atoms with Crippen molar-refractivity contribution in [3.63, 3.8) is 0 Å². The second-order valence-corrected chi connectivity index (χ2v) is 5.42. The summed E-state index contributed by atoms with van der Waals surface area (Å²) in [6.07, 6.45) is 5.88. The molecule has 2 aromatic rings. The Labute approximate surface area is 119 Å². The molecule has 0 aliphatic carbocycles. The number of benzene rings is 2. The van der Waals surface area contributed by atoms with Gasteiger partial charge in [0.2, 0.25) is 0 Å². The van der Waals surface area contributed by atoms with Gasteiger partial charge in [-0.25, -0.2) is 0 Å². The van der Waals surface area contributed by atoms with E-state index in [0.29, 0.717) is 0 Å². The van der Waals surface area contributed by atoms with Gasteiger partial charge in [-0.05, 0) is 29.2 Å². The molecular weight excluding hydrogens is 244 g/mol. The topological polar surface area (TPSA) is 15.3 Å². The van der Waals surface area contributed by atoms with E-state index in [1.54, 1.807) is 0 Å². The molecule has 20 heavy (non-hydrogen) atoms. The average Bonchev–Trinajstić information content (AvgIpc) is 2.54. The number of nitrogens with one attached hydrogen (secondary N) is 1. The smallest absolute Gasteiger partial charge is 0.106 e. The predicted molar refractivity (Wildman–Crippen MR) is 83.7 cm³/mol. The zero-order valence-electron chi connectivity index (χ0n) is 11.4. The molecule has 1 unspecified atom stereocenters. The van der Waals surface area contributed by atoms with Crippen LogP contribution in [0.4, 0.5) is 5.69 Å². The lowest BCUT2D eigenvalue weighted by molar-refractivity contribution is 0.487. The van der Waals surface area contributed by atoms with Gasteiger partial charge in [0.25, 0.3) is 0 Å². The minimum atomic E-state index is 0.283. The molecule has 2 aliphatic heterocycles. The van der Waals surface area contributed by atoms with Crippen molar-refractivity contribution >= 4 is 11.8 Å². The van der Waals surface area contributed by atoms with E-state index in [1.807, 2.05) is 0 Å². The van der Waals surface area contributed by atoms with Crippen molar-refractivity contribution in [1.29, 1.82) is 0 Å². The maximum Gasteiger partial charge on any atom is 0.106 e. The van der Waals surface area contributed by atoms with E-state index in [1.165, 1.54) is 22.4 Å². The van der Waals surface area contributed by atoms with Crippen molar-refractivity contribution in [2.24, 2.45) is 0 Å². The largest absolute Gasteiger partial charge is 0.348 e. The normalized spacial score (nSPS) is 20.4. The van der Waals surface area contributed by atoms with Gasteiger partial charge in [-0.2, -0.15) is 0 Å². The number of rotatable bonds is 1. The highest BCUT2D eigenvalue weighted by atomic mass is 15.3. The monoisotopic (exact) mass is 262 g/mol. The Hall–Kier alpha value is -2.06. The standard InChI is InChI=1S/C18H18N2/c1-3-9-16-14(6-1)11-12-19-18(16)20-13-5-8-15-7-2-4-10-17(15)20/h1-10,18-19H,11-13H2. The molecular formula is C18H18N2. The Morgan fingerprint density at radius 1 is 1.00 bits per heavy atom. The highest BCUT2D eigenvalue weighted by molar-refractivity contribution is 5.72. The molecule has 2 heteroatoms. The molecule has 2 nitrogen and oxygen atoms in total. The summed E-state index contributed by atoms with van der Waals surface area (Å²) in [5.74, 6) is 0. The van der Waals surface area contributed by atoms with Crippen LogP contribution in [0.25, 0.3) is 6.08 Å². The molecule has 100 valence electrons. The van der Waals surface area contributed by atoms with Crippen LogP contribution in [0.3, 0.4) is 0 Å². The summed E-state index contributed by atoms with van der Waals surface area (Å²) in [6, 6.07) is 17.4. The number of anilines is 1. The molecule has 0 radical (unpaired) electrons. The van der Waals surface area contributed by atoms with Gasteiger partial charge in [0.05, 0.1) is 0 Å². The lowest BCUT2D eigenvalue weighted by Crippen LogP contribution is -2.43. The molecule has 2 heterocycles. The maximum atomic E-state index is 3.68. The van der Waals surface area contributed by atoms with Gasteiger partial charge >= 0.3 is 0 Å². The fraction of sp³-hybridized carbons (Fsp3) is 0.222. The van der Waals surface area contributed by atoms with E-state index in [-0.39, 0.29) is 6.17 Å². The van der Waals surface area contributed by atoms with E-state index in [9.17, 15) is 0 Å². The van der Waals surface area contributed by atoms with Crippen LogP contribution in [0.2, 0.25) is 0 Å². The third kappa shape index (κ3) is 1.84. The lowest BCUT2D eigenvalue weighted by Gasteiger charge is -2.39. The second-order valence-electron chi connectivity index (χ2n) is 5.42. The minimum absolute atomic E-state index is 0.283. The quantitative estimate of drug-likeness (QED) is 0.847. The first-order valence-electron chi connectivity index (χ1n) is 7.27. The molecule has 2 aliphatic rings. The van der Waals surface area contributed by atoms with Crippen LogP contribution in [0.15, 0.2) is 54.6 Å². The van der Waals surface area contributed by atoms with Crippen LogP contribution < -0.4 is 10.2 Å². The van der Waals surface area contributed by atoms with E-state index in [0.717, 1.165) is 19.5 Å². The molecule has 0 saturated carbocycles. The third-order valence-electron chi connectivity index (χ3n) is 4.24. The molecule has 0 amide bonds. The highest BCUT2D eigenvalue weighted by Crippen LogP contribution is 2.34. The summed E-state index contributed by atoms with van der Waals surface area (Å²) >= 11 is 0. The minimum Gasteiger partial charge on any atom is -0.348 e. The van der Waals surface area contributed by atoms with Gasteiger partial charge in [0.1, 0.15) is 6.17 Å². The first kappa shape index (κ1) is 11.7. The summed E-state index contributed by atoms with van der Waals surface area (Å²) in [5.41, 5.74) is 5.53. The van der Waals surface area contributed by atoms with E-state index < -0.39 is 0 Å². The first-order chi connectivity index (χ1) is 9.93. The van der Waals surface area contributed by atoms with Gasteiger partial charge in [-0.3, -0.25) is 5.32 Å². The third-order valence-corrected chi connectivity index (χ3v) is 4.24. The molecule has 2 aromatic carbocycles. The molecule has 0 bridgehead atoms. The Kier molecular flexibility index (Phi) is 2.82. The fourth-order valence-electron chi connectivity index (χ4n) is 3.29. The van der Waals surface area contributed by atoms with Crippen molar-refractivity contribution in [3.05, 3.63) is 71.3 Å². The van der Waals surface area contributed by atoms with Crippen LogP contribution >= 0.6 is 0 Å². The van der Waals surface area contributed by atoms with Crippen LogP contribution in [-0.2, 0) is 6.42 Å². The number of para-hydroxylation sites is 1. The molecule has 0 saturated heterocycles. The number of fused-ring (bicyclic) bond motifs is 2. The molecule has 0 aromatic heterocycles. The highest BCUT2D eigenvalue weighted by Gasteiger charge is 2.26.